The third kappa shape index (κ3) is 5.16. The number of aliphatic carboxylic acids is 1. The number of hydrogen-bond acceptors (Lipinski definition) is 6. The van der Waals surface area contributed by atoms with Gasteiger partial charge in [-0.3, -0.25) is 9.69 Å². The average Bonchev–Trinajstić information content (AvgIpc) is 3.13. The molecule has 1 aliphatic heterocycles. The van der Waals surface area contributed by atoms with Crippen molar-refractivity contribution in [3.63, 3.8) is 0 Å². The largest absolute Gasteiger partial charge is 0.491 e. The van der Waals surface area contributed by atoms with E-state index in [9.17, 15) is 4.79 Å². The second kappa shape index (κ2) is 9.39. The van der Waals surface area contributed by atoms with E-state index >= 15 is 0 Å². The highest BCUT2D eigenvalue weighted by Crippen LogP contribution is 2.31. The molecular formula is C21H21Cl2N3O3S. The average molecular weight is 466 g/mol. The molecule has 0 spiro atoms. The topological polar surface area (TPSA) is 65.9 Å². The molecule has 0 radical (unpaired) electrons. The van der Waals surface area contributed by atoms with Gasteiger partial charge in [0, 0.05) is 37.7 Å². The molecule has 0 amide bonds. The Morgan fingerprint density at radius 3 is 2.70 bits per heavy atom. The normalized spacial score (nSPS) is 14.9. The number of anilines is 1. The smallest absolute Gasteiger partial charge is 0.307 e. The number of benzene rings is 2. The summed E-state index contributed by atoms with van der Waals surface area (Å²) in [6.07, 6.45) is -0.0482. The van der Waals surface area contributed by atoms with E-state index in [-0.39, 0.29) is 6.42 Å². The van der Waals surface area contributed by atoms with Gasteiger partial charge in [-0.05, 0) is 35.9 Å². The summed E-state index contributed by atoms with van der Waals surface area (Å²) in [7, 11) is 0. The molecule has 1 N–H and O–H groups in total. The maximum atomic E-state index is 10.9. The van der Waals surface area contributed by atoms with Crippen LogP contribution in [0.3, 0.4) is 0 Å². The highest BCUT2D eigenvalue weighted by Gasteiger charge is 2.20. The number of hydrogen-bond donors (Lipinski definition) is 1. The van der Waals surface area contributed by atoms with E-state index in [1.165, 1.54) is 0 Å². The molecule has 1 fully saturated rings. The fourth-order valence-electron chi connectivity index (χ4n) is 3.41. The van der Waals surface area contributed by atoms with E-state index in [2.05, 4.69) is 9.80 Å². The van der Waals surface area contributed by atoms with Gasteiger partial charge in [0.2, 0.25) is 0 Å². The quantitative estimate of drug-likeness (QED) is 0.556. The summed E-state index contributed by atoms with van der Waals surface area (Å²) in [5.41, 5.74) is 1.66. The molecule has 0 atom stereocenters. The van der Waals surface area contributed by atoms with Gasteiger partial charge in [0.1, 0.15) is 12.4 Å². The molecule has 0 unspecified atom stereocenters. The Hall–Kier alpha value is -2.06. The molecule has 2 aromatic carbocycles. The summed E-state index contributed by atoms with van der Waals surface area (Å²) in [6.45, 7) is 4.93. The summed E-state index contributed by atoms with van der Waals surface area (Å²) in [6, 6.07) is 10.9. The standard InChI is InChI=1S/C21H21Cl2N3O3S/c22-15-2-4-17-19(13-15)30-21(24-17)26-7-5-25(6-8-26)9-10-29-18-11-14(12-20(27)28)1-3-16(18)23/h1-4,11,13H,5-10,12H2,(H,27,28). The SMILES string of the molecule is O=C(O)Cc1ccc(Cl)c(OCCN2CCN(c3nc4ccc(Cl)cc4s3)CC2)c1. The van der Waals surface area contributed by atoms with Crippen molar-refractivity contribution in [1.29, 1.82) is 0 Å². The zero-order valence-corrected chi connectivity index (χ0v) is 18.5. The number of halogens is 2. The van der Waals surface area contributed by atoms with Crippen molar-refractivity contribution in [2.75, 3.05) is 44.2 Å². The first-order valence-corrected chi connectivity index (χ1v) is 11.2. The molecule has 30 heavy (non-hydrogen) atoms. The molecule has 158 valence electrons. The monoisotopic (exact) mass is 465 g/mol. The van der Waals surface area contributed by atoms with Gasteiger partial charge in [0.05, 0.1) is 21.7 Å². The number of nitrogens with zero attached hydrogens (tertiary/aromatic N) is 3. The Bertz CT molecular complexity index is 1050. The van der Waals surface area contributed by atoms with Crippen LogP contribution in [0, 0.1) is 0 Å². The number of carboxylic acids is 1. The van der Waals surface area contributed by atoms with Crippen LogP contribution in [0.2, 0.25) is 10.0 Å². The lowest BCUT2D eigenvalue weighted by Crippen LogP contribution is -2.47. The number of ether oxygens (including phenoxy) is 1. The fraction of sp³-hybridized carbons (Fsp3) is 0.333. The molecule has 1 aliphatic rings. The highest BCUT2D eigenvalue weighted by molar-refractivity contribution is 7.22. The number of piperazine rings is 1. The van der Waals surface area contributed by atoms with Crippen LogP contribution in [-0.2, 0) is 11.2 Å². The molecule has 0 bridgehead atoms. The van der Waals surface area contributed by atoms with Gasteiger partial charge in [-0.25, -0.2) is 4.98 Å². The van der Waals surface area contributed by atoms with Crippen molar-refractivity contribution >= 4 is 55.9 Å². The van der Waals surface area contributed by atoms with E-state index in [0.29, 0.717) is 22.9 Å². The van der Waals surface area contributed by atoms with Gasteiger partial charge >= 0.3 is 5.97 Å². The van der Waals surface area contributed by atoms with Crippen molar-refractivity contribution in [3.05, 3.63) is 52.0 Å². The van der Waals surface area contributed by atoms with Crippen molar-refractivity contribution in [1.82, 2.24) is 9.88 Å². The number of thiazole rings is 1. The number of fused-ring (bicyclic) bond motifs is 1. The second-order valence-electron chi connectivity index (χ2n) is 7.12. The lowest BCUT2D eigenvalue weighted by Gasteiger charge is -2.34. The molecule has 1 aromatic heterocycles. The molecule has 0 aliphatic carbocycles. The lowest BCUT2D eigenvalue weighted by molar-refractivity contribution is -0.136. The number of rotatable bonds is 7. The van der Waals surface area contributed by atoms with Gasteiger partial charge in [-0.15, -0.1) is 0 Å². The first-order valence-electron chi connectivity index (χ1n) is 9.64. The van der Waals surface area contributed by atoms with E-state index in [1.54, 1.807) is 29.5 Å². The van der Waals surface area contributed by atoms with Crippen LogP contribution in [0.5, 0.6) is 5.75 Å². The molecule has 2 heterocycles. The van der Waals surface area contributed by atoms with Gasteiger partial charge < -0.3 is 14.7 Å². The van der Waals surface area contributed by atoms with Crippen LogP contribution in [0.4, 0.5) is 5.13 Å². The van der Waals surface area contributed by atoms with Crippen LogP contribution >= 0.6 is 34.5 Å². The Kier molecular flexibility index (Phi) is 6.63. The van der Waals surface area contributed by atoms with Gasteiger partial charge in [0.15, 0.2) is 5.13 Å². The summed E-state index contributed by atoms with van der Waals surface area (Å²) in [5, 5.41) is 11.2. The predicted octanol–water partition coefficient (Wildman–Crippen LogP) is 4.43. The minimum atomic E-state index is -0.877. The molecular weight excluding hydrogens is 445 g/mol. The Balaban J connectivity index is 1.27. The number of carboxylic acid groups (broad SMARTS) is 1. The molecule has 6 nitrogen and oxygen atoms in total. The van der Waals surface area contributed by atoms with Gasteiger partial charge in [0.25, 0.3) is 0 Å². The minimum Gasteiger partial charge on any atom is -0.491 e. The molecule has 1 saturated heterocycles. The van der Waals surface area contributed by atoms with Crippen LogP contribution in [-0.4, -0.2) is 60.3 Å². The third-order valence-corrected chi connectivity index (χ3v) is 6.62. The van der Waals surface area contributed by atoms with E-state index in [4.69, 9.17) is 38.0 Å². The third-order valence-electron chi connectivity index (χ3n) is 5.00. The van der Waals surface area contributed by atoms with Crippen LogP contribution < -0.4 is 9.64 Å². The zero-order chi connectivity index (χ0) is 21.1. The number of aromatic nitrogens is 1. The van der Waals surface area contributed by atoms with E-state index in [1.807, 2.05) is 18.2 Å². The molecule has 9 heteroatoms. The van der Waals surface area contributed by atoms with Crippen molar-refractivity contribution in [3.8, 4) is 5.75 Å². The molecule has 0 saturated carbocycles. The maximum Gasteiger partial charge on any atom is 0.307 e. The lowest BCUT2D eigenvalue weighted by atomic mass is 10.1. The predicted molar refractivity (Wildman–Crippen MR) is 122 cm³/mol. The van der Waals surface area contributed by atoms with Crippen molar-refractivity contribution < 1.29 is 14.6 Å². The Labute approximate surface area is 188 Å². The zero-order valence-electron chi connectivity index (χ0n) is 16.2. The summed E-state index contributed by atoms with van der Waals surface area (Å²) in [4.78, 5) is 20.3. The highest BCUT2D eigenvalue weighted by atomic mass is 35.5. The summed E-state index contributed by atoms with van der Waals surface area (Å²) < 4.78 is 6.93. The van der Waals surface area contributed by atoms with Crippen LogP contribution in [0.25, 0.3) is 10.2 Å². The van der Waals surface area contributed by atoms with Crippen molar-refractivity contribution in [2.24, 2.45) is 0 Å². The molecule has 4 rings (SSSR count). The molecule has 3 aromatic rings. The van der Waals surface area contributed by atoms with E-state index in [0.717, 1.165) is 53.1 Å². The van der Waals surface area contributed by atoms with Crippen LogP contribution in [0.1, 0.15) is 5.56 Å². The first kappa shape index (κ1) is 21.2. The van der Waals surface area contributed by atoms with Gasteiger partial charge in [-0.1, -0.05) is 40.6 Å². The maximum absolute atomic E-state index is 10.9. The summed E-state index contributed by atoms with van der Waals surface area (Å²) in [5.74, 6) is -0.348. The van der Waals surface area contributed by atoms with Crippen LogP contribution in [0.15, 0.2) is 36.4 Å². The van der Waals surface area contributed by atoms with Crippen molar-refractivity contribution in [2.45, 2.75) is 6.42 Å². The minimum absolute atomic E-state index is 0.0482. The first-order chi connectivity index (χ1) is 14.5. The fourth-order valence-corrected chi connectivity index (χ4v) is 4.88. The number of carbonyl (C=O) groups is 1. The summed E-state index contributed by atoms with van der Waals surface area (Å²) >= 11 is 13.9. The Morgan fingerprint density at radius 2 is 1.93 bits per heavy atom. The van der Waals surface area contributed by atoms with E-state index < -0.39 is 5.97 Å². The second-order valence-corrected chi connectivity index (χ2v) is 8.97. The Morgan fingerprint density at radius 1 is 1.13 bits per heavy atom. The van der Waals surface area contributed by atoms with Gasteiger partial charge in [-0.2, -0.15) is 0 Å².